The topological polar surface area (TPSA) is 30.5 Å². The van der Waals surface area contributed by atoms with Crippen LogP contribution in [0.5, 0.6) is 5.75 Å². The van der Waals surface area contributed by atoms with E-state index < -0.39 is 0 Å². The molecule has 1 aromatic carbocycles. The fraction of sp³-hybridized carbons (Fsp3) is 0.600. The molecule has 1 aliphatic carbocycles. The van der Waals surface area contributed by atoms with Gasteiger partial charge in [-0.2, -0.15) is 0 Å². The van der Waals surface area contributed by atoms with E-state index in [9.17, 15) is 0 Å². The van der Waals surface area contributed by atoms with E-state index in [0.717, 1.165) is 37.8 Å². The van der Waals surface area contributed by atoms with Crippen molar-refractivity contribution in [3.8, 4) is 5.75 Å². The van der Waals surface area contributed by atoms with E-state index in [2.05, 4.69) is 11.4 Å². The van der Waals surface area contributed by atoms with Crippen molar-refractivity contribution in [2.24, 2.45) is 0 Å². The molecule has 0 aliphatic heterocycles. The summed E-state index contributed by atoms with van der Waals surface area (Å²) in [5.74, 6) is 0.772. The standard InChI is InChI=1S/C15H22ClNO2/c1-18-8-2-3-9-19-15-7-4-12(10-14(15)16)11-17-13-5-6-13/h4,7,10,13,17H,2-3,5-6,8-9,11H2,1H3. The molecule has 1 fully saturated rings. The molecular formula is C15H22ClNO2. The van der Waals surface area contributed by atoms with Crippen LogP contribution in [0, 0.1) is 0 Å². The number of benzene rings is 1. The lowest BCUT2D eigenvalue weighted by Gasteiger charge is -2.10. The second kappa shape index (κ2) is 7.73. The highest BCUT2D eigenvalue weighted by Crippen LogP contribution is 2.26. The molecule has 0 radical (unpaired) electrons. The van der Waals surface area contributed by atoms with Gasteiger partial charge in [0, 0.05) is 26.3 Å². The smallest absolute Gasteiger partial charge is 0.137 e. The molecule has 2 rings (SSSR count). The van der Waals surface area contributed by atoms with E-state index >= 15 is 0 Å². The number of halogens is 1. The van der Waals surface area contributed by atoms with Crippen molar-refractivity contribution in [2.75, 3.05) is 20.3 Å². The molecule has 0 atom stereocenters. The minimum atomic E-state index is 0.683. The molecule has 0 spiro atoms. The Balaban J connectivity index is 1.73. The van der Waals surface area contributed by atoms with Gasteiger partial charge in [-0.25, -0.2) is 0 Å². The molecule has 19 heavy (non-hydrogen) atoms. The van der Waals surface area contributed by atoms with Crippen LogP contribution in [-0.4, -0.2) is 26.4 Å². The van der Waals surface area contributed by atoms with Crippen molar-refractivity contribution < 1.29 is 9.47 Å². The van der Waals surface area contributed by atoms with Crippen LogP contribution in [0.15, 0.2) is 18.2 Å². The van der Waals surface area contributed by atoms with Crippen molar-refractivity contribution in [1.29, 1.82) is 0 Å². The molecule has 106 valence electrons. The van der Waals surface area contributed by atoms with E-state index in [1.165, 1.54) is 18.4 Å². The minimum Gasteiger partial charge on any atom is -0.492 e. The Kier molecular flexibility index (Phi) is 5.95. The van der Waals surface area contributed by atoms with Crippen molar-refractivity contribution in [3.05, 3.63) is 28.8 Å². The van der Waals surface area contributed by atoms with Gasteiger partial charge in [0.15, 0.2) is 0 Å². The monoisotopic (exact) mass is 283 g/mol. The number of hydrogen-bond donors (Lipinski definition) is 1. The first-order valence-corrected chi connectivity index (χ1v) is 7.31. The van der Waals surface area contributed by atoms with Gasteiger partial charge >= 0.3 is 0 Å². The quantitative estimate of drug-likeness (QED) is 0.705. The molecule has 0 saturated heterocycles. The van der Waals surface area contributed by atoms with E-state index in [1.807, 2.05) is 12.1 Å². The Morgan fingerprint density at radius 2 is 2.05 bits per heavy atom. The Labute approximate surface area is 120 Å². The van der Waals surface area contributed by atoms with Crippen LogP contribution in [0.1, 0.15) is 31.2 Å². The third-order valence-electron chi connectivity index (χ3n) is 3.17. The SMILES string of the molecule is COCCCCOc1ccc(CNC2CC2)cc1Cl. The summed E-state index contributed by atoms with van der Waals surface area (Å²) >= 11 is 6.22. The molecule has 4 heteroatoms. The summed E-state index contributed by atoms with van der Waals surface area (Å²) < 4.78 is 10.7. The molecule has 0 bridgehead atoms. The number of hydrogen-bond acceptors (Lipinski definition) is 3. The van der Waals surface area contributed by atoms with Crippen LogP contribution in [0.2, 0.25) is 5.02 Å². The summed E-state index contributed by atoms with van der Waals surface area (Å²) in [5, 5.41) is 4.17. The number of ether oxygens (including phenoxy) is 2. The van der Waals surface area contributed by atoms with Gasteiger partial charge in [0.1, 0.15) is 5.75 Å². The summed E-state index contributed by atoms with van der Waals surface area (Å²) in [5.41, 5.74) is 1.21. The van der Waals surface area contributed by atoms with Crippen molar-refractivity contribution >= 4 is 11.6 Å². The maximum atomic E-state index is 6.22. The second-order valence-electron chi connectivity index (χ2n) is 4.97. The third kappa shape index (κ3) is 5.39. The zero-order valence-electron chi connectivity index (χ0n) is 11.5. The average molecular weight is 284 g/mol. The molecule has 1 aromatic rings. The third-order valence-corrected chi connectivity index (χ3v) is 3.46. The summed E-state index contributed by atoms with van der Waals surface area (Å²) in [7, 11) is 1.71. The van der Waals surface area contributed by atoms with Crippen molar-refractivity contribution in [3.63, 3.8) is 0 Å². The molecule has 0 amide bonds. The largest absolute Gasteiger partial charge is 0.492 e. The van der Waals surface area contributed by atoms with Gasteiger partial charge in [-0.1, -0.05) is 17.7 Å². The predicted octanol–water partition coefficient (Wildman–Crippen LogP) is 3.40. The van der Waals surface area contributed by atoms with Crippen LogP contribution in [0.25, 0.3) is 0 Å². The van der Waals surface area contributed by atoms with Gasteiger partial charge in [0.05, 0.1) is 11.6 Å². The van der Waals surface area contributed by atoms with E-state index in [0.29, 0.717) is 11.6 Å². The Hall–Kier alpha value is -0.770. The highest BCUT2D eigenvalue weighted by atomic mass is 35.5. The normalized spacial score (nSPS) is 14.6. The first-order chi connectivity index (χ1) is 9.29. The van der Waals surface area contributed by atoms with Crippen LogP contribution in [0.4, 0.5) is 0 Å². The fourth-order valence-electron chi connectivity index (χ4n) is 1.85. The van der Waals surface area contributed by atoms with Gasteiger partial charge in [-0.3, -0.25) is 0 Å². The zero-order valence-corrected chi connectivity index (χ0v) is 12.2. The Bertz CT molecular complexity index is 394. The number of methoxy groups -OCH3 is 1. The summed E-state index contributed by atoms with van der Waals surface area (Å²) in [4.78, 5) is 0. The first kappa shape index (κ1) is 14.6. The number of nitrogens with one attached hydrogen (secondary N) is 1. The van der Waals surface area contributed by atoms with E-state index in [4.69, 9.17) is 21.1 Å². The molecule has 0 heterocycles. The lowest BCUT2D eigenvalue weighted by Crippen LogP contribution is -2.15. The molecule has 3 nitrogen and oxygen atoms in total. The molecule has 1 N–H and O–H groups in total. The molecular weight excluding hydrogens is 262 g/mol. The van der Waals surface area contributed by atoms with Crippen LogP contribution < -0.4 is 10.1 Å². The van der Waals surface area contributed by atoms with Gasteiger partial charge in [-0.15, -0.1) is 0 Å². The highest BCUT2D eigenvalue weighted by molar-refractivity contribution is 6.32. The first-order valence-electron chi connectivity index (χ1n) is 6.93. The zero-order chi connectivity index (χ0) is 13.5. The summed E-state index contributed by atoms with van der Waals surface area (Å²) in [6.07, 6.45) is 4.60. The van der Waals surface area contributed by atoms with Gasteiger partial charge < -0.3 is 14.8 Å². The van der Waals surface area contributed by atoms with Crippen LogP contribution in [0.3, 0.4) is 0 Å². The van der Waals surface area contributed by atoms with Crippen molar-refractivity contribution in [1.82, 2.24) is 5.32 Å². The highest BCUT2D eigenvalue weighted by Gasteiger charge is 2.19. The number of unbranched alkanes of at least 4 members (excludes halogenated alkanes) is 1. The maximum Gasteiger partial charge on any atom is 0.137 e. The average Bonchev–Trinajstić information content (AvgIpc) is 3.22. The summed E-state index contributed by atoms with van der Waals surface area (Å²) in [6, 6.07) is 6.74. The lowest BCUT2D eigenvalue weighted by atomic mass is 10.2. The van der Waals surface area contributed by atoms with Crippen molar-refractivity contribution in [2.45, 2.75) is 38.3 Å². The second-order valence-corrected chi connectivity index (χ2v) is 5.38. The summed E-state index contributed by atoms with van der Waals surface area (Å²) in [6.45, 7) is 2.35. The Morgan fingerprint density at radius 3 is 2.74 bits per heavy atom. The van der Waals surface area contributed by atoms with Gasteiger partial charge in [0.2, 0.25) is 0 Å². The van der Waals surface area contributed by atoms with E-state index in [1.54, 1.807) is 7.11 Å². The lowest BCUT2D eigenvalue weighted by molar-refractivity contribution is 0.184. The van der Waals surface area contributed by atoms with Gasteiger partial charge in [0.25, 0.3) is 0 Å². The molecule has 1 aliphatic rings. The Morgan fingerprint density at radius 1 is 1.26 bits per heavy atom. The van der Waals surface area contributed by atoms with Gasteiger partial charge in [-0.05, 0) is 43.4 Å². The maximum absolute atomic E-state index is 6.22. The molecule has 0 unspecified atom stereocenters. The van der Waals surface area contributed by atoms with E-state index in [-0.39, 0.29) is 0 Å². The van der Waals surface area contributed by atoms with Crippen LogP contribution in [-0.2, 0) is 11.3 Å². The number of rotatable bonds is 9. The predicted molar refractivity (Wildman–Crippen MR) is 77.9 cm³/mol. The van der Waals surface area contributed by atoms with Crippen LogP contribution >= 0.6 is 11.6 Å². The molecule has 0 aromatic heterocycles. The fourth-order valence-corrected chi connectivity index (χ4v) is 2.11. The molecule has 1 saturated carbocycles. The minimum absolute atomic E-state index is 0.683.